The zero-order chi connectivity index (χ0) is 13.1. The Morgan fingerprint density at radius 3 is 2.78 bits per heavy atom. The fourth-order valence-electron chi connectivity index (χ4n) is 1.37. The lowest BCUT2D eigenvalue weighted by Crippen LogP contribution is -2.16. The minimum Gasteiger partial charge on any atom is -0.478 e. The summed E-state index contributed by atoms with van der Waals surface area (Å²) < 4.78 is 15.1. The molecule has 1 aliphatic rings. The third-order valence-electron chi connectivity index (χ3n) is 2.18. The van der Waals surface area contributed by atoms with Crippen molar-refractivity contribution in [1.29, 1.82) is 0 Å². The quantitative estimate of drug-likeness (QED) is 0.820. The van der Waals surface area contributed by atoms with Gasteiger partial charge in [-0.3, -0.25) is 0 Å². The number of carbonyl (C=O) groups is 2. The van der Waals surface area contributed by atoms with Crippen LogP contribution in [0.4, 0.5) is 0 Å². The zero-order valence-corrected chi connectivity index (χ0v) is 9.50. The molecule has 0 saturated carbocycles. The van der Waals surface area contributed by atoms with Gasteiger partial charge in [0.25, 0.3) is 0 Å². The molecule has 1 aliphatic heterocycles. The van der Waals surface area contributed by atoms with Gasteiger partial charge in [-0.2, -0.15) is 0 Å². The third kappa shape index (κ3) is 2.27. The van der Waals surface area contributed by atoms with E-state index in [1.165, 1.54) is 18.2 Å². The van der Waals surface area contributed by atoms with Gasteiger partial charge in [-0.05, 0) is 25.1 Å². The SMILES string of the molecule is CCOC(=O)C1=COc2cc(C(=O)O)ccc2O1. The second-order valence-corrected chi connectivity index (χ2v) is 3.39. The van der Waals surface area contributed by atoms with Gasteiger partial charge in [-0.1, -0.05) is 0 Å². The summed E-state index contributed by atoms with van der Waals surface area (Å²) in [5.74, 6) is -1.27. The molecule has 6 nitrogen and oxygen atoms in total. The highest BCUT2D eigenvalue weighted by atomic mass is 16.6. The highest BCUT2D eigenvalue weighted by molar-refractivity contribution is 5.89. The first kappa shape index (κ1) is 12.0. The van der Waals surface area contributed by atoms with Crippen LogP contribution in [0.15, 0.2) is 30.2 Å². The minimum absolute atomic E-state index is 0.0744. The van der Waals surface area contributed by atoms with Gasteiger partial charge in [0.15, 0.2) is 11.5 Å². The van der Waals surface area contributed by atoms with Crippen LogP contribution in [0.2, 0.25) is 0 Å². The van der Waals surface area contributed by atoms with Gasteiger partial charge in [-0.15, -0.1) is 0 Å². The molecule has 18 heavy (non-hydrogen) atoms. The molecule has 0 radical (unpaired) electrons. The molecule has 0 bridgehead atoms. The molecular weight excluding hydrogens is 240 g/mol. The fraction of sp³-hybridized carbons (Fsp3) is 0.167. The average molecular weight is 250 g/mol. The Kier molecular flexibility index (Phi) is 3.18. The largest absolute Gasteiger partial charge is 0.478 e. The molecule has 6 heteroatoms. The maximum atomic E-state index is 11.4. The van der Waals surface area contributed by atoms with E-state index >= 15 is 0 Å². The van der Waals surface area contributed by atoms with Crippen molar-refractivity contribution < 1.29 is 28.9 Å². The molecule has 0 aliphatic carbocycles. The average Bonchev–Trinajstić information content (AvgIpc) is 2.37. The molecular formula is C12H10O6. The highest BCUT2D eigenvalue weighted by Crippen LogP contribution is 2.33. The number of hydrogen-bond donors (Lipinski definition) is 1. The van der Waals surface area contributed by atoms with E-state index in [1.54, 1.807) is 6.92 Å². The first-order chi connectivity index (χ1) is 8.61. The second-order valence-electron chi connectivity index (χ2n) is 3.39. The summed E-state index contributed by atoms with van der Waals surface area (Å²) >= 11 is 0. The molecule has 0 atom stereocenters. The first-order valence-corrected chi connectivity index (χ1v) is 5.21. The Morgan fingerprint density at radius 1 is 1.33 bits per heavy atom. The van der Waals surface area contributed by atoms with E-state index in [0.717, 1.165) is 6.26 Å². The molecule has 0 spiro atoms. The maximum absolute atomic E-state index is 11.4. The maximum Gasteiger partial charge on any atom is 0.377 e. The fourth-order valence-corrected chi connectivity index (χ4v) is 1.37. The molecule has 1 heterocycles. The second kappa shape index (κ2) is 4.79. The van der Waals surface area contributed by atoms with Crippen LogP contribution in [0.25, 0.3) is 0 Å². The predicted octanol–water partition coefficient (Wildman–Crippen LogP) is 1.56. The van der Waals surface area contributed by atoms with Crippen molar-refractivity contribution in [2.75, 3.05) is 6.61 Å². The van der Waals surface area contributed by atoms with E-state index in [0.29, 0.717) is 0 Å². The summed E-state index contributed by atoms with van der Waals surface area (Å²) in [6.07, 6.45) is 1.09. The van der Waals surface area contributed by atoms with Crippen molar-refractivity contribution in [2.24, 2.45) is 0 Å². The van der Waals surface area contributed by atoms with Crippen LogP contribution in [0.5, 0.6) is 11.5 Å². The van der Waals surface area contributed by atoms with Crippen molar-refractivity contribution in [1.82, 2.24) is 0 Å². The number of rotatable bonds is 3. The molecule has 0 aromatic heterocycles. The number of esters is 1. The molecule has 0 amide bonds. The van der Waals surface area contributed by atoms with Crippen molar-refractivity contribution >= 4 is 11.9 Å². The van der Waals surface area contributed by atoms with Crippen molar-refractivity contribution in [2.45, 2.75) is 6.92 Å². The molecule has 2 rings (SSSR count). The Labute approximate surface area is 102 Å². The minimum atomic E-state index is -1.07. The van der Waals surface area contributed by atoms with Crippen LogP contribution in [-0.4, -0.2) is 23.7 Å². The number of carboxylic acid groups (broad SMARTS) is 1. The van der Waals surface area contributed by atoms with Crippen molar-refractivity contribution in [3.05, 3.63) is 35.8 Å². The Morgan fingerprint density at radius 2 is 2.11 bits per heavy atom. The van der Waals surface area contributed by atoms with Gasteiger partial charge in [-0.25, -0.2) is 9.59 Å². The molecule has 1 aromatic rings. The smallest absolute Gasteiger partial charge is 0.377 e. The van der Waals surface area contributed by atoms with E-state index in [2.05, 4.69) is 0 Å². The van der Waals surface area contributed by atoms with Crippen LogP contribution in [-0.2, 0) is 9.53 Å². The van der Waals surface area contributed by atoms with Crippen LogP contribution < -0.4 is 9.47 Å². The normalized spacial score (nSPS) is 12.6. The van der Waals surface area contributed by atoms with Gasteiger partial charge in [0.1, 0.15) is 6.26 Å². The number of hydrogen-bond acceptors (Lipinski definition) is 5. The van der Waals surface area contributed by atoms with Gasteiger partial charge in [0.05, 0.1) is 12.2 Å². The lowest BCUT2D eigenvalue weighted by molar-refractivity contribution is -0.141. The van der Waals surface area contributed by atoms with E-state index in [1.807, 2.05) is 0 Å². The van der Waals surface area contributed by atoms with E-state index in [9.17, 15) is 9.59 Å². The summed E-state index contributed by atoms with van der Waals surface area (Å²) in [4.78, 5) is 22.2. The molecule has 0 unspecified atom stereocenters. The molecule has 0 fully saturated rings. The summed E-state index contributed by atoms with van der Waals surface area (Å²) in [6.45, 7) is 1.90. The first-order valence-electron chi connectivity index (χ1n) is 5.21. The lowest BCUT2D eigenvalue weighted by Gasteiger charge is -2.17. The Bertz CT molecular complexity index is 531. The number of fused-ring (bicyclic) bond motifs is 1. The summed E-state index contributed by atoms with van der Waals surface area (Å²) in [5.41, 5.74) is 0.0744. The number of aromatic carboxylic acids is 1. The zero-order valence-electron chi connectivity index (χ0n) is 9.50. The van der Waals surface area contributed by atoms with Gasteiger partial charge >= 0.3 is 11.9 Å². The summed E-state index contributed by atoms with van der Waals surface area (Å²) in [5, 5.41) is 8.81. The number of carboxylic acids is 1. The van der Waals surface area contributed by atoms with Gasteiger partial charge < -0.3 is 19.3 Å². The number of benzene rings is 1. The van der Waals surface area contributed by atoms with Crippen molar-refractivity contribution in [3.8, 4) is 11.5 Å². The lowest BCUT2D eigenvalue weighted by atomic mass is 10.2. The van der Waals surface area contributed by atoms with Crippen molar-refractivity contribution in [3.63, 3.8) is 0 Å². The Balaban J connectivity index is 2.21. The molecule has 1 N–H and O–H groups in total. The molecule has 94 valence electrons. The molecule has 1 aromatic carbocycles. The number of carbonyl (C=O) groups excluding carboxylic acids is 1. The number of ether oxygens (including phenoxy) is 3. The topological polar surface area (TPSA) is 82.1 Å². The molecule has 0 saturated heterocycles. The van der Waals surface area contributed by atoms with Gasteiger partial charge in [0.2, 0.25) is 5.76 Å². The third-order valence-corrected chi connectivity index (χ3v) is 2.18. The highest BCUT2D eigenvalue weighted by Gasteiger charge is 2.22. The monoisotopic (exact) mass is 250 g/mol. The van der Waals surface area contributed by atoms with E-state index < -0.39 is 11.9 Å². The standard InChI is InChI=1S/C12H10O6/c1-2-16-12(15)10-6-17-9-5-7(11(13)14)3-4-8(9)18-10/h3-6H,2H2,1H3,(H,13,14). The van der Waals surface area contributed by atoms with Crippen LogP contribution >= 0.6 is 0 Å². The van der Waals surface area contributed by atoms with Crippen LogP contribution in [0, 0.1) is 0 Å². The predicted molar refractivity (Wildman–Crippen MR) is 59.4 cm³/mol. The summed E-state index contributed by atoms with van der Waals surface area (Å²) in [6, 6.07) is 4.10. The van der Waals surface area contributed by atoms with Crippen LogP contribution in [0.3, 0.4) is 0 Å². The van der Waals surface area contributed by atoms with E-state index in [-0.39, 0.29) is 29.4 Å². The summed E-state index contributed by atoms with van der Waals surface area (Å²) in [7, 11) is 0. The van der Waals surface area contributed by atoms with Gasteiger partial charge in [0, 0.05) is 0 Å². The van der Waals surface area contributed by atoms with E-state index in [4.69, 9.17) is 19.3 Å². The Hall–Kier alpha value is -2.50. The van der Waals surface area contributed by atoms with Crippen LogP contribution in [0.1, 0.15) is 17.3 Å².